The fourth-order valence-corrected chi connectivity index (χ4v) is 0.832. The van der Waals surface area contributed by atoms with Gasteiger partial charge in [0.1, 0.15) is 11.5 Å². The Labute approximate surface area is 85.9 Å². The summed E-state index contributed by atoms with van der Waals surface area (Å²) in [5.74, 6) is 2.61. The highest BCUT2D eigenvalue weighted by atomic mass is 16.6. The molecule has 0 aliphatic rings. The van der Waals surface area contributed by atoms with Crippen molar-refractivity contribution in [3.8, 4) is 11.5 Å². The Kier molecular flexibility index (Phi) is 3.10. The Morgan fingerprint density at radius 1 is 1.13 bits per heavy atom. The summed E-state index contributed by atoms with van der Waals surface area (Å²) in [4.78, 5) is 15.2. The lowest BCUT2D eigenvalue weighted by molar-refractivity contribution is -0.132. The van der Waals surface area contributed by atoms with Crippen molar-refractivity contribution in [2.24, 2.45) is 23.1 Å². The molecule has 8 N–H and O–H groups in total. The van der Waals surface area contributed by atoms with Crippen LogP contribution in [0.25, 0.3) is 0 Å². The van der Waals surface area contributed by atoms with Gasteiger partial charge in [-0.2, -0.15) is 5.90 Å². The second-order valence-corrected chi connectivity index (χ2v) is 2.85. The quantitative estimate of drug-likeness (QED) is 0.349. The van der Waals surface area contributed by atoms with E-state index in [2.05, 4.69) is 4.84 Å². The Hall–Kier alpha value is -1.83. The minimum atomic E-state index is -2.04. The lowest BCUT2D eigenvalue weighted by Crippen LogP contribution is -2.63. The third kappa shape index (κ3) is 2.81. The number of hydrogen-bond donors (Lipinski definition) is 4. The van der Waals surface area contributed by atoms with E-state index in [-0.39, 0.29) is 5.75 Å². The van der Waals surface area contributed by atoms with Gasteiger partial charge in [-0.15, -0.1) is 0 Å². The molecule has 0 aliphatic carbocycles. The van der Waals surface area contributed by atoms with Crippen molar-refractivity contribution in [3.05, 3.63) is 24.3 Å². The monoisotopic (exact) mass is 212 g/mol. The summed E-state index contributed by atoms with van der Waals surface area (Å²) < 4.78 is 4.95. The molecule has 0 aromatic heterocycles. The van der Waals surface area contributed by atoms with E-state index in [0.717, 1.165) is 0 Å². The van der Waals surface area contributed by atoms with E-state index in [1.807, 2.05) is 0 Å². The van der Waals surface area contributed by atoms with Crippen molar-refractivity contribution in [1.82, 2.24) is 0 Å². The Bertz CT molecular complexity index is 349. The van der Waals surface area contributed by atoms with Crippen LogP contribution in [0.15, 0.2) is 24.3 Å². The van der Waals surface area contributed by atoms with Crippen LogP contribution in [0.3, 0.4) is 0 Å². The summed E-state index contributed by atoms with van der Waals surface area (Å²) >= 11 is 0. The second kappa shape index (κ2) is 4.13. The Morgan fingerprint density at radius 3 is 2.00 bits per heavy atom. The maximum atomic E-state index is 10.8. The average Bonchev–Trinajstić information content (AvgIpc) is 2.18. The molecule has 0 saturated heterocycles. The SMILES string of the molecule is NOc1ccc(OC(N)(N)C(N)=O)cc1. The zero-order valence-corrected chi connectivity index (χ0v) is 7.84. The van der Waals surface area contributed by atoms with E-state index in [1.165, 1.54) is 24.3 Å². The first-order valence-electron chi connectivity index (χ1n) is 3.99. The Morgan fingerprint density at radius 2 is 1.60 bits per heavy atom. The minimum Gasteiger partial charge on any atom is -0.451 e. The van der Waals surface area contributed by atoms with Gasteiger partial charge in [-0.1, -0.05) is 0 Å². The molecule has 0 radical (unpaired) electrons. The zero-order chi connectivity index (χ0) is 11.5. The van der Waals surface area contributed by atoms with Gasteiger partial charge in [-0.25, -0.2) is 0 Å². The first-order valence-corrected chi connectivity index (χ1v) is 3.99. The van der Waals surface area contributed by atoms with Crippen LogP contribution in [-0.4, -0.2) is 11.8 Å². The molecule has 0 aliphatic heterocycles. The Balaban J connectivity index is 2.77. The molecule has 15 heavy (non-hydrogen) atoms. The van der Waals surface area contributed by atoms with Gasteiger partial charge in [0.25, 0.3) is 11.8 Å². The smallest absolute Gasteiger partial charge is 0.293 e. The molecule has 1 amide bonds. The first kappa shape index (κ1) is 11.2. The zero-order valence-electron chi connectivity index (χ0n) is 7.84. The number of ether oxygens (including phenoxy) is 1. The maximum absolute atomic E-state index is 10.8. The number of hydrogen-bond acceptors (Lipinski definition) is 6. The summed E-state index contributed by atoms with van der Waals surface area (Å²) in [5, 5.41) is 0. The van der Waals surface area contributed by atoms with Crippen LogP contribution in [0, 0.1) is 0 Å². The topological polar surface area (TPSA) is 140 Å². The number of nitrogens with two attached hydrogens (primary N) is 4. The highest BCUT2D eigenvalue weighted by Crippen LogP contribution is 2.18. The van der Waals surface area contributed by atoms with Gasteiger partial charge in [0.2, 0.25) is 0 Å². The molecule has 0 unspecified atom stereocenters. The number of primary amides is 1. The van der Waals surface area contributed by atoms with E-state index < -0.39 is 11.8 Å². The largest absolute Gasteiger partial charge is 0.451 e. The lowest BCUT2D eigenvalue weighted by Gasteiger charge is -2.21. The van der Waals surface area contributed by atoms with Gasteiger partial charge in [0.05, 0.1) is 0 Å². The fourth-order valence-electron chi connectivity index (χ4n) is 0.832. The summed E-state index contributed by atoms with van der Waals surface area (Å²) in [6.45, 7) is 0. The van der Waals surface area contributed by atoms with Crippen molar-refractivity contribution < 1.29 is 14.4 Å². The minimum absolute atomic E-state index is 0.277. The van der Waals surface area contributed by atoms with Crippen LogP contribution in [0.5, 0.6) is 11.5 Å². The molecular formula is C8H12N4O3. The predicted molar refractivity (Wildman–Crippen MR) is 52.2 cm³/mol. The van der Waals surface area contributed by atoms with Crippen LogP contribution in [0.2, 0.25) is 0 Å². The molecule has 82 valence electrons. The summed E-state index contributed by atoms with van der Waals surface area (Å²) in [7, 11) is 0. The molecule has 0 bridgehead atoms. The number of carbonyl (C=O) groups excluding carboxylic acids is 1. The molecule has 7 nitrogen and oxygen atoms in total. The third-order valence-corrected chi connectivity index (χ3v) is 1.63. The highest BCUT2D eigenvalue weighted by molar-refractivity contribution is 5.82. The molecule has 1 rings (SSSR count). The molecule has 0 heterocycles. The number of amides is 1. The van der Waals surface area contributed by atoms with Gasteiger partial charge in [-0.3, -0.25) is 16.3 Å². The molecule has 1 aromatic carbocycles. The van der Waals surface area contributed by atoms with E-state index in [1.54, 1.807) is 0 Å². The van der Waals surface area contributed by atoms with Crippen LogP contribution in [0.1, 0.15) is 0 Å². The molecule has 7 heteroatoms. The standard InChI is InChI=1S/C8H12N4O3/c9-7(13)8(10,11)14-5-1-3-6(15-12)4-2-5/h1-4H,10-12H2,(H2,9,13). The highest BCUT2D eigenvalue weighted by Gasteiger charge is 2.28. The van der Waals surface area contributed by atoms with Crippen LogP contribution in [-0.2, 0) is 4.79 Å². The van der Waals surface area contributed by atoms with Gasteiger partial charge >= 0.3 is 0 Å². The van der Waals surface area contributed by atoms with Gasteiger partial charge in [0.15, 0.2) is 0 Å². The molecule has 0 spiro atoms. The van der Waals surface area contributed by atoms with E-state index in [4.69, 9.17) is 27.8 Å². The second-order valence-electron chi connectivity index (χ2n) is 2.85. The van der Waals surface area contributed by atoms with Gasteiger partial charge in [-0.05, 0) is 24.3 Å². The van der Waals surface area contributed by atoms with Gasteiger partial charge < -0.3 is 15.3 Å². The van der Waals surface area contributed by atoms with Crippen molar-refractivity contribution in [3.63, 3.8) is 0 Å². The third-order valence-electron chi connectivity index (χ3n) is 1.63. The summed E-state index contributed by atoms with van der Waals surface area (Å²) in [6, 6.07) is 6.01. The van der Waals surface area contributed by atoms with Crippen molar-refractivity contribution in [1.29, 1.82) is 0 Å². The summed E-state index contributed by atoms with van der Waals surface area (Å²) in [5.41, 5.74) is 15.5. The molecule has 0 saturated carbocycles. The van der Waals surface area contributed by atoms with Crippen LogP contribution >= 0.6 is 0 Å². The maximum Gasteiger partial charge on any atom is 0.293 e. The van der Waals surface area contributed by atoms with E-state index in [9.17, 15) is 4.79 Å². The lowest BCUT2D eigenvalue weighted by atomic mass is 10.3. The van der Waals surface area contributed by atoms with E-state index >= 15 is 0 Å². The molecule has 0 fully saturated rings. The number of rotatable bonds is 4. The number of benzene rings is 1. The van der Waals surface area contributed by atoms with Gasteiger partial charge in [0, 0.05) is 0 Å². The first-order chi connectivity index (χ1) is 6.95. The molecular weight excluding hydrogens is 200 g/mol. The van der Waals surface area contributed by atoms with Crippen LogP contribution in [0.4, 0.5) is 0 Å². The van der Waals surface area contributed by atoms with E-state index in [0.29, 0.717) is 5.75 Å². The average molecular weight is 212 g/mol. The number of carbonyl (C=O) groups is 1. The van der Waals surface area contributed by atoms with Crippen molar-refractivity contribution >= 4 is 5.91 Å². The molecule has 1 aromatic rings. The molecule has 0 atom stereocenters. The van der Waals surface area contributed by atoms with Crippen LogP contribution < -0.4 is 32.7 Å². The van der Waals surface area contributed by atoms with Crippen molar-refractivity contribution in [2.75, 3.05) is 0 Å². The van der Waals surface area contributed by atoms with Crippen molar-refractivity contribution in [2.45, 2.75) is 5.85 Å². The summed E-state index contributed by atoms with van der Waals surface area (Å²) in [6.07, 6.45) is 0. The fraction of sp³-hybridized carbons (Fsp3) is 0.125. The normalized spacial score (nSPS) is 10.9. The predicted octanol–water partition coefficient (Wildman–Crippen LogP) is -1.63.